The highest BCUT2D eigenvalue weighted by molar-refractivity contribution is 7.89. The van der Waals surface area contributed by atoms with Gasteiger partial charge in [0.15, 0.2) is 10.8 Å². The molecule has 2 aromatic rings. The van der Waals surface area contributed by atoms with E-state index in [4.69, 9.17) is 0 Å². The summed E-state index contributed by atoms with van der Waals surface area (Å²) in [6.07, 6.45) is 3.08. The van der Waals surface area contributed by atoms with Gasteiger partial charge in [0.05, 0.1) is 11.9 Å². The Kier molecular flexibility index (Phi) is 6.90. The molecule has 1 aliphatic heterocycles. The average molecular weight is 499 g/mol. The summed E-state index contributed by atoms with van der Waals surface area (Å²) in [5.74, 6) is -3.69. The number of hydrogen-bond donors (Lipinski definition) is 0. The van der Waals surface area contributed by atoms with E-state index in [1.54, 1.807) is 17.7 Å². The molecule has 1 aliphatic carbocycles. The van der Waals surface area contributed by atoms with Gasteiger partial charge >= 0.3 is 0 Å². The minimum absolute atomic E-state index is 0.00469. The standard InChI is InChI=1S/C23H29F3N4O3S/c1-28-16-21(27-17-28)34(32,33)30-14-12-29(13-15-30)22(8-10-23(25,26)11-9-22)7-6-20(31)18-4-2-3-5-19(18)24/h2-5,16-17H,6-15H2,1H3. The molecular weight excluding hydrogens is 469 g/mol. The van der Waals surface area contributed by atoms with Crippen LogP contribution in [0.5, 0.6) is 0 Å². The molecule has 186 valence electrons. The van der Waals surface area contributed by atoms with Crippen LogP contribution in [0.2, 0.25) is 0 Å². The van der Waals surface area contributed by atoms with Crippen molar-refractivity contribution in [2.75, 3.05) is 26.2 Å². The molecule has 2 heterocycles. The number of sulfonamides is 1. The maximum atomic E-state index is 14.1. The van der Waals surface area contributed by atoms with Gasteiger partial charge in [0.1, 0.15) is 5.82 Å². The largest absolute Gasteiger partial charge is 0.339 e. The molecule has 7 nitrogen and oxygen atoms in total. The molecule has 4 rings (SSSR count). The first-order valence-corrected chi connectivity index (χ1v) is 12.9. The first-order chi connectivity index (χ1) is 16.0. The number of hydrogen-bond acceptors (Lipinski definition) is 5. The molecule has 2 aliphatic rings. The van der Waals surface area contributed by atoms with Crippen molar-refractivity contribution in [2.24, 2.45) is 7.05 Å². The maximum Gasteiger partial charge on any atom is 0.262 e. The molecule has 0 spiro atoms. The molecular formula is C23H29F3N4O3S. The molecule has 0 atom stereocenters. The van der Waals surface area contributed by atoms with Gasteiger partial charge in [-0.3, -0.25) is 9.69 Å². The van der Waals surface area contributed by atoms with Crippen molar-refractivity contribution >= 4 is 15.8 Å². The first kappa shape index (κ1) is 24.9. The van der Waals surface area contributed by atoms with Crippen LogP contribution in [0.4, 0.5) is 13.2 Å². The third-order valence-corrected chi connectivity index (χ3v) is 8.88. The molecule has 34 heavy (non-hydrogen) atoms. The second-order valence-electron chi connectivity index (χ2n) is 9.25. The van der Waals surface area contributed by atoms with E-state index in [1.807, 2.05) is 0 Å². The van der Waals surface area contributed by atoms with Gasteiger partial charge in [-0.2, -0.15) is 4.31 Å². The molecule has 0 amide bonds. The highest BCUT2D eigenvalue weighted by Gasteiger charge is 2.47. The molecule has 11 heteroatoms. The highest BCUT2D eigenvalue weighted by Crippen LogP contribution is 2.44. The van der Waals surface area contributed by atoms with Crippen molar-refractivity contribution in [3.8, 4) is 0 Å². The first-order valence-electron chi connectivity index (χ1n) is 11.4. The molecule has 0 radical (unpaired) electrons. The Hall–Kier alpha value is -2.24. The molecule has 1 saturated carbocycles. The molecule has 0 unspecified atom stereocenters. The number of aryl methyl sites for hydroxylation is 1. The van der Waals surface area contributed by atoms with Crippen LogP contribution in [0.15, 0.2) is 41.8 Å². The summed E-state index contributed by atoms with van der Waals surface area (Å²) in [4.78, 5) is 18.7. The number of alkyl halides is 2. The summed E-state index contributed by atoms with van der Waals surface area (Å²) in [5, 5.41) is -0.0223. The molecule has 0 N–H and O–H groups in total. The van der Waals surface area contributed by atoms with E-state index in [-0.39, 0.29) is 61.6 Å². The fourth-order valence-electron chi connectivity index (χ4n) is 5.03. The van der Waals surface area contributed by atoms with Crippen molar-refractivity contribution in [2.45, 2.75) is 55.0 Å². The Bertz CT molecular complexity index is 1130. The van der Waals surface area contributed by atoms with Gasteiger partial charge in [0.2, 0.25) is 5.92 Å². The van der Waals surface area contributed by atoms with Crippen LogP contribution in [-0.2, 0) is 17.1 Å². The fourth-order valence-corrected chi connectivity index (χ4v) is 6.42. The van der Waals surface area contributed by atoms with E-state index in [0.29, 0.717) is 19.5 Å². The average Bonchev–Trinajstić information content (AvgIpc) is 3.26. The van der Waals surface area contributed by atoms with E-state index in [0.717, 1.165) is 0 Å². The summed E-state index contributed by atoms with van der Waals surface area (Å²) < 4.78 is 70.8. The van der Waals surface area contributed by atoms with Crippen LogP contribution in [0.25, 0.3) is 0 Å². The molecule has 1 aromatic carbocycles. The van der Waals surface area contributed by atoms with Crippen LogP contribution in [0, 0.1) is 5.82 Å². The fraction of sp³-hybridized carbons (Fsp3) is 0.565. The van der Waals surface area contributed by atoms with E-state index < -0.39 is 27.3 Å². The Morgan fingerprint density at radius 2 is 1.71 bits per heavy atom. The van der Waals surface area contributed by atoms with Crippen LogP contribution in [0.3, 0.4) is 0 Å². The number of imidazole rings is 1. The quantitative estimate of drug-likeness (QED) is 0.547. The smallest absolute Gasteiger partial charge is 0.262 e. The Morgan fingerprint density at radius 3 is 2.29 bits per heavy atom. The number of carbonyl (C=O) groups is 1. The number of rotatable bonds is 7. The zero-order chi connectivity index (χ0) is 24.6. The normalized spacial score (nSPS) is 21.4. The Labute approximate surface area is 197 Å². The zero-order valence-electron chi connectivity index (χ0n) is 19.1. The van der Waals surface area contributed by atoms with Crippen LogP contribution < -0.4 is 0 Å². The van der Waals surface area contributed by atoms with Gasteiger partial charge in [-0.1, -0.05) is 12.1 Å². The van der Waals surface area contributed by atoms with Crippen LogP contribution in [0.1, 0.15) is 48.9 Å². The molecule has 1 aromatic heterocycles. The lowest BCUT2D eigenvalue weighted by Crippen LogP contribution is -2.59. The molecule has 2 fully saturated rings. The second-order valence-corrected chi connectivity index (χ2v) is 11.1. The topological polar surface area (TPSA) is 75.5 Å². The van der Waals surface area contributed by atoms with Crippen LogP contribution in [-0.4, -0.2) is 70.6 Å². The Morgan fingerprint density at radius 1 is 1.06 bits per heavy atom. The van der Waals surface area contributed by atoms with Crippen molar-refractivity contribution in [1.29, 1.82) is 0 Å². The number of halogens is 3. The van der Waals surface area contributed by atoms with Crippen molar-refractivity contribution in [3.63, 3.8) is 0 Å². The minimum Gasteiger partial charge on any atom is -0.339 e. The van der Waals surface area contributed by atoms with Crippen LogP contribution >= 0.6 is 0 Å². The lowest BCUT2D eigenvalue weighted by atomic mass is 9.74. The third-order valence-electron chi connectivity index (χ3n) is 7.10. The SMILES string of the molecule is Cn1cnc(S(=O)(=O)N2CCN(C3(CCC(=O)c4ccccc4F)CCC(F)(F)CC3)CC2)c1. The van der Waals surface area contributed by atoms with Gasteiger partial charge in [-0.25, -0.2) is 26.6 Å². The highest BCUT2D eigenvalue weighted by atomic mass is 32.2. The van der Waals surface area contributed by atoms with E-state index in [9.17, 15) is 26.4 Å². The summed E-state index contributed by atoms with van der Waals surface area (Å²) >= 11 is 0. The number of carbonyl (C=O) groups excluding carboxylic acids is 1. The van der Waals surface area contributed by atoms with Gasteiger partial charge in [0, 0.05) is 64.2 Å². The zero-order valence-corrected chi connectivity index (χ0v) is 19.9. The van der Waals surface area contributed by atoms with Crippen molar-refractivity contribution in [3.05, 3.63) is 48.2 Å². The maximum absolute atomic E-state index is 14.1. The monoisotopic (exact) mass is 498 g/mol. The van der Waals surface area contributed by atoms with Crippen molar-refractivity contribution in [1.82, 2.24) is 18.8 Å². The third kappa shape index (κ3) is 5.06. The predicted molar refractivity (Wildman–Crippen MR) is 120 cm³/mol. The summed E-state index contributed by atoms with van der Waals surface area (Å²) in [6.45, 7) is 1.15. The van der Waals surface area contributed by atoms with Gasteiger partial charge in [-0.15, -0.1) is 0 Å². The van der Waals surface area contributed by atoms with E-state index >= 15 is 0 Å². The second kappa shape index (κ2) is 9.43. The summed E-state index contributed by atoms with van der Waals surface area (Å²) in [5.41, 5.74) is -0.645. The van der Waals surface area contributed by atoms with E-state index in [1.165, 1.54) is 35.0 Å². The number of aromatic nitrogens is 2. The minimum atomic E-state index is -3.74. The lowest BCUT2D eigenvalue weighted by molar-refractivity contribution is -0.0891. The number of nitrogens with zero attached hydrogens (tertiary/aromatic N) is 4. The number of benzene rings is 1. The lowest BCUT2D eigenvalue weighted by Gasteiger charge is -2.50. The van der Waals surface area contributed by atoms with Gasteiger partial charge < -0.3 is 4.57 Å². The van der Waals surface area contributed by atoms with Gasteiger partial charge in [0.25, 0.3) is 10.0 Å². The summed E-state index contributed by atoms with van der Waals surface area (Å²) in [7, 11) is -2.05. The predicted octanol–water partition coefficient (Wildman–Crippen LogP) is 3.48. The van der Waals surface area contributed by atoms with Crippen molar-refractivity contribution < 1.29 is 26.4 Å². The van der Waals surface area contributed by atoms with Gasteiger partial charge in [-0.05, 0) is 31.4 Å². The van der Waals surface area contributed by atoms with E-state index in [2.05, 4.69) is 9.88 Å². The summed E-state index contributed by atoms with van der Waals surface area (Å²) in [6, 6.07) is 5.76. The number of piperazine rings is 1. The molecule has 1 saturated heterocycles. The number of Topliss-reactive ketones (excluding diaryl/α,β-unsaturated/α-hetero) is 1. The Balaban J connectivity index is 1.47. The molecule has 0 bridgehead atoms. The number of ketones is 1.